The maximum Gasteiger partial charge on any atom is 0.234 e. The highest BCUT2D eigenvalue weighted by atomic mass is 32.2. The molecular formula is C20H15FN4OS2. The Morgan fingerprint density at radius 1 is 1.11 bits per heavy atom. The van der Waals surface area contributed by atoms with Gasteiger partial charge in [-0.15, -0.1) is 21.5 Å². The summed E-state index contributed by atoms with van der Waals surface area (Å²) < 4.78 is 13.9. The number of carbonyl (C=O) groups excluding carboxylic acids is 1. The van der Waals surface area contributed by atoms with Crippen LogP contribution >= 0.6 is 23.1 Å². The number of halogens is 1. The van der Waals surface area contributed by atoms with Gasteiger partial charge in [-0.25, -0.2) is 9.37 Å². The van der Waals surface area contributed by atoms with Crippen molar-refractivity contribution in [2.75, 3.05) is 11.1 Å². The van der Waals surface area contributed by atoms with E-state index >= 15 is 0 Å². The maximum atomic E-state index is 13.0. The van der Waals surface area contributed by atoms with Gasteiger partial charge in [0.1, 0.15) is 22.1 Å². The molecule has 0 fully saturated rings. The van der Waals surface area contributed by atoms with Gasteiger partial charge in [-0.3, -0.25) is 4.79 Å². The van der Waals surface area contributed by atoms with Crippen LogP contribution in [0.4, 0.5) is 10.1 Å². The molecule has 2 aromatic heterocycles. The van der Waals surface area contributed by atoms with E-state index in [-0.39, 0.29) is 17.5 Å². The Morgan fingerprint density at radius 2 is 1.86 bits per heavy atom. The number of nitrogens with one attached hydrogen (secondary N) is 1. The highest BCUT2D eigenvalue weighted by molar-refractivity contribution is 8.00. The lowest BCUT2D eigenvalue weighted by Gasteiger charge is -2.06. The van der Waals surface area contributed by atoms with Gasteiger partial charge in [0.05, 0.1) is 15.5 Å². The quantitative estimate of drug-likeness (QED) is 0.473. The number of thiazole rings is 1. The van der Waals surface area contributed by atoms with Crippen LogP contribution in [0.5, 0.6) is 0 Å². The Morgan fingerprint density at radius 3 is 2.61 bits per heavy atom. The Balaban J connectivity index is 1.54. The van der Waals surface area contributed by atoms with E-state index in [2.05, 4.69) is 20.5 Å². The summed E-state index contributed by atoms with van der Waals surface area (Å²) >= 11 is 2.85. The van der Waals surface area contributed by atoms with E-state index in [0.29, 0.717) is 10.7 Å². The number of amides is 1. The first-order valence-electron chi connectivity index (χ1n) is 8.47. The molecule has 4 rings (SSSR count). The average Bonchev–Trinajstić information content (AvgIpc) is 3.10. The first-order valence-corrected chi connectivity index (χ1v) is 10.3. The standard InChI is InChI=1S/C20H15FN4OS2/c1-12-22-18-19(28-12)17(13-5-3-2-4-6-13)24-25-20(18)27-11-16(26)23-15-9-7-14(21)8-10-15/h2-10H,11H2,1H3,(H,23,26). The van der Waals surface area contributed by atoms with Crippen molar-refractivity contribution in [1.29, 1.82) is 0 Å². The van der Waals surface area contributed by atoms with Crippen LogP contribution in [0.1, 0.15) is 5.01 Å². The zero-order valence-electron chi connectivity index (χ0n) is 14.8. The van der Waals surface area contributed by atoms with Crippen molar-refractivity contribution in [3.8, 4) is 11.3 Å². The fourth-order valence-corrected chi connectivity index (χ4v) is 4.38. The van der Waals surface area contributed by atoms with Crippen molar-refractivity contribution in [3.05, 3.63) is 65.4 Å². The molecule has 0 saturated heterocycles. The van der Waals surface area contributed by atoms with Crippen LogP contribution in [0.3, 0.4) is 0 Å². The van der Waals surface area contributed by atoms with Crippen LogP contribution in [0.25, 0.3) is 21.5 Å². The molecule has 1 N–H and O–H groups in total. The summed E-state index contributed by atoms with van der Waals surface area (Å²) in [7, 11) is 0. The largest absolute Gasteiger partial charge is 0.325 e. The first-order chi connectivity index (χ1) is 13.6. The molecule has 140 valence electrons. The second kappa shape index (κ2) is 8.04. The molecule has 0 spiro atoms. The molecule has 0 aliphatic carbocycles. The molecular weight excluding hydrogens is 395 g/mol. The van der Waals surface area contributed by atoms with Crippen molar-refractivity contribution in [3.63, 3.8) is 0 Å². The third-order valence-electron chi connectivity index (χ3n) is 3.91. The molecule has 0 saturated carbocycles. The second-order valence-electron chi connectivity index (χ2n) is 5.97. The van der Waals surface area contributed by atoms with E-state index < -0.39 is 0 Å². The van der Waals surface area contributed by atoms with E-state index in [1.807, 2.05) is 37.3 Å². The molecule has 0 atom stereocenters. The molecule has 28 heavy (non-hydrogen) atoms. The highest BCUT2D eigenvalue weighted by Crippen LogP contribution is 2.35. The number of thioether (sulfide) groups is 1. The molecule has 0 unspecified atom stereocenters. The van der Waals surface area contributed by atoms with Crippen molar-refractivity contribution < 1.29 is 9.18 Å². The van der Waals surface area contributed by atoms with Crippen LogP contribution < -0.4 is 5.32 Å². The Kier molecular flexibility index (Phi) is 5.31. The molecule has 0 radical (unpaired) electrons. The van der Waals surface area contributed by atoms with Gasteiger partial charge in [-0.2, -0.15) is 0 Å². The van der Waals surface area contributed by atoms with Gasteiger partial charge in [0.15, 0.2) is 0 Å². The summed E-state index contributed by atoms with van der Waals surface area (Å²) in [5.41, 5.74) is 3.08. The number of rotatable bonds is 5. The van der Waals surface area contributed by atoms with Gasteiger partial charge in [-0.1, -0.05) is 42.1 Å². The molecule has 4 aromatic rings. The molecule has 0 aliphatic rings. The number of fused-ring (bicyclic) bond motifs is 1. The van der Waals surface area contributed by atoms with E-state index in [9.17, 15) is 9.18 Å². The topological polar surface area (TPSA) is 67.8 Å². The van der Waals surface area contributed by atoms with Gasteiger partial charge in [-0.05, 0) is 31.2 Å². The summed E-state index contributed by atoms with van der Waals surface area (Å²) in [5, 5.41) is 13.0. The number of aryl methyl sites for hydroxylation is 1. The number of hydrogen-bond acceptors (Lipinski definition) is 6. The number of carbonyl (C=O) groups is 1. The number of aromatic nitrogens is 3. The lowest BCUT2D eigenvalue weighted by Crippen LogP contribution is -2.14. The van der Waals surface area contributed by atoms with Gasteiger partial charge in [0.2, 0.25) is 5.91 Å². The van der Waals surface area contributed by atoms with Gasteiger partial charge >= 0.3 is 0 Å². The monoisotopic (exact) mass is 410 g/mol. The highest BCUT2D eigenvalue weighted by Gasteiger charge is 2.16. The SMILES string of the molecule is Cc1nc2c(SCC(=O)Nc3ccc(F)cc3)nnc(-c3ccccc3)c2s1. The van der Waals surface area contributed by atoms with Crippen LogP contribution in [-0.2, 0) is 4.79 Å². The zero-order chi connectivity index (χ0) is 19.5. The first kappa shape index (κ1) is 18.5. The van der Waals surface area contributed by atoms with Crippen LogP contribution in [-0.4, -0.2) is 26.8 Å². The Bertz CT molecular complexity index is 1130. The van der Waals surface area contributed by atoms with Crippen molar-refractivity contribution in [2.45, 2.75) is 11.9 Å². The summed E-state index contributed by atoms with van der Waals surface area (Å²) in [4.78, 5) is 16.8. The number of hydrogen-bond donors (Lipinski definition) is 1. The predicted octanol–water partition coefficient (Wildman–Crippen LogP) is 4.93. The fraction of sp³-hybridized carbons (Fsp3) is 0.100. The summed E-state index contributed by atoms with van der Waals surface area (Å²) in [6.45, 7) is 1.94. The molecule has 0 bridgehead atoms. The van der Waals surface area contributed by atoms with E-state index in [0.717, 1.165) is 26.5 Å². The van der Waals surface area contributed by atoms with E-state index in [4.69, 9.17) is 0 Å². The molecule has 0 aliphatic heterocycles. The van der Waals surface area contributed by atoms with E-state index in [1.165, 1.54) is 36.0 Å². The van der Waals surface area contributed by atoms with Crippen molar-refractivity contribution in [2.24, 2.45) is 0 Å². The number of anilines is 1. The van der Waals surface area contributed by atoms with Crippen LogP contribution in [0.2, 0.25) is 0 Å². The molecule has 1 amide bonds. The minimum absolute atomic E-state index is 0.155. The third-order valence-corrected chi connectivity index (χ3v) is 5.84. The molecule has 2 heterocycles. The van der Waals surface area contributed by atoms with Crippen molar-refractivity contribution >= 4 is 44.9 Å². The third kappa shape index (κ3) is 4.02. The normalized spacial score (nSPS) is 10.9. The molecule has 2 aromatic carbocycles. The predicted molar refractivity (Wildman–Crippen MR) is 111 cm³/mol. The van der Waals surface area contributed by atoms with Gasteiger partial charge in [0.25, 0.3) is 0 Å². The minimum Gasteiger partial charge on any atom is -0.325 e. The Labute approximate surface area is 169 Å². The summed E-state index contributed by atoms with van der Waals surface area (Å²) in [6.07, 6.45) is 0. The van der Waals surface area contributed by atoms with E-state index in [1.54, 1.807) is 11.3 Å². The lowest BCUT2D eigenvalue weighted by molar-refractivity contribution is -0.113. The molecule has 8 heteroatoms. The fourth-order valence-electron chi connectivity index (χ4n) is 2.67. The number of benzene rings is 2. The van der Waals surface area contributed by atoms with Crippen molar-refractivity contribution in [1.82, 2.24) is 15.2 Å². The zero-order valence-corrected chi connectivity index (χ0v) is 16.5. The van der Waals surface area contributed by atoms with Crippen LogP contribution in [0.15, 0.2) is 59.6 Å². The maximum absolute atomic E-state index is 13.0. The average molecular weight is 410 g/mol. The lowest BCUT2D eigenvalue weighted by atomic mass is 10.1. The van der Waals surface area contributed by atoms with Gasteiger partial charge < -0.3 is 5.32 Å². The smallest absolute Gasteiger partial charge is 0.234 e. The summed E-state index contributed by atoms with van der Waals surface area (Å²) in [6, 6.07) is 15.5. The van der Waals surface area contributed by atoms with Gasteiger partial charge in [0, 0.05) is 11.3 Å². The number of nitrogens with zero attached hydrogens (tertiary/aromatic N) is 3. The minimum atomic E-state index is -0.345. The second-order valence-corrected chi connectivity index (χ2v) is 8.14. The summed E-state index contributed by atoms with van der Waals surface area (Å²) in [5.74, 6) is -0.393. The van der Waals surface area contributed by atoms with Crippen LogP contribution in [0, 0.1) is 12.7 Å². The Hall–Kier alpha value is -2.84. The molecule has 5 nitrogen and oxygen atoms in total.